The molecular weight excluding hydrogens is 470 g/mol. The van der Waals surface area contributed by atoms with E-state index in [0.29, 0.717) is 55.2 Å². The number of aromatic nitrogens is 2. The maximum absolute atomic E-state index is 13.3. The van der Waals surface area contributed by atoms with Crippen LogP contribution in [0, 0.1) is 6.92 Å². The van der Waals surface area contributed by atoms with Crippen LogP contribution in [0.15, 0.2) is 42.7 Å². The number of thiophene rings is 1. The third-order valence-electron chi connectivity index (χ3n) is 5.54. The summed E-state index contributed by atoms with van der Waals surface area (Å²) in [7, 11) is 4.59. The number of methoxy groups -OCH3 is 3. The van der Waals surface area contributed by atoms with Crippen molar-refractivity contribution in [3.8, 4) is 17.2 Å². The fourth-order valence-electron chi connectivity index (χ4n) is 3.93. The molecule has 1 aliphatic heterocycles. The quantitative estimate of drug-likeness (QED) is 0.392. The van der Waals surface area contributed by atoms with Crippen molar-refractivity contribution >= 4 is 56.4 Å². The number of ether oxygens (including phenoxy) is 3. The Balaban J connectivity index is 1.58. The number of anilines is 4. The zero-order chi connectivity index (χ0) is 24.7. The normalized spacial score (nSPS) is 12.3. The van der Waals surface area contributed by atoms with Crippen LogP contribution < -0.4 is 29.7 Å². The third-order valence-corrected chi connectivity index (χ3v) is 6.63. The molecule has 0 atom stereocenters. The molecule has 0 aliphatic carbocycles. The van der Waals surface area contributed by atoms with E-state index in [2.05, 4.69) is 20.6 Å². The highest BCUT2D eigenvalue weighted by atomic mass is 32.1. The van der Waals surface area contributed by atoms with Gasteiger partial charge in [0.25, 0.3) is 5.91 Å². The van der Waals surface area contributed by atoms with Crippen LogP contribution in [0.2, 0.25) is 0 Å². The van der Waals surface area contributed by atoms with Crippen molar-refractivity contribution in [1.82, 2.24) is 9.97 Å². The van der Waals surface area contributed by atoms with Crippen molar-refractivity contribution in [3.63, 3.8) is 0 Å². The van der Waals surface area contributed by atoms with Crippen molar-refractivity contribution in [2.75, 3.05) is 36.9 Å². The van der Waals surface area contributed by atoms with Gasteiger partial charge in [-0.1, -0.05) is 6.07 Å². The first-order valence-electron chi connectivity index (χ1n) is 10.5. The van der Waals surface area contributed by atoms with Crippen LogP contribution >= 0.6 is 11.3 Å². The van der Waals surface area contributed by atoms with E-state index in [9.17, 15) is 9.59 Å². The summed E-state index contributed by atoms with van der Waals surface area (Å²) in [5.74, 6) is 1.51. The Hall–Kier alpha value is -4.38. The molecule has 0 bridgehead atoms. The summed E-state index contributed by atoms with van der Waals surface area (Å²) < 4.78 is 16.0. The number of amides is 3. The van der Waals surface area contributed by atoms with Gasteiger partial charge in [-0.05, 0) is 36.8 Å². The highest BCUT2D eigenvalue weighted by molar-refractivity contribution is 7.21. The van der Waals surface area contributed by atoms with Gasteiger partial charge in [-0.15, -0.1) is 11.3 Å². The van der Waals surface area contributed by atoms with Gasteiger partial charge in [-0.2, -0.15) is 0 Å². The number of nitrogens with zero attached hydrogens (tertiary/aromatic N) is 3. The van der Waals surface area contributed by atoms with Crippen molar-refractivity contribution in [3.05, 3.63) is 53.2 Å². The molecule has 5 rings (SSSR count). The number of urea groups is 1. The second-order valence-corrected chi connectivity index (χ2v) is 8.65. The third kappa shape index (κ3) is 3.75. The number of hydrogen-bond acceptors (Lipinski definition) is 8. The van der Waals surface area contributed by atoms with E-state index in [4.69, 9.17) is 14.2 Å². The second kappa shape index (κ2) is 8.76. The summed E-state index contributed by atoms with van der Waals surface area (Å²) in [6, 6.07) is 10.1. The molecule has 2 aromatic heterocycles. The lowest BCUT2D eigenvalue weighted by Crippen LogP contribution is -2.35. The van der Waals surface area contributed by atoms with Gasteiger partial charge in [0.1, 0.15) is 21.8 Å². The Morgan fingerprint density at radius 2 is 1.74 bits per heavy atom. The molecule has 3 amide bonds. The highest BCUT2D eigenvalue weighted by Crippen LogP contribution is 2.46. The standard InChI is InChI=1S/C24H21N5O5S/c1-12-5-7-15(32-2)14(9-12)29-21-18-19(28-24(29)31)20(35-23(18)26-11-25-21)22(30)27-13-6-8-16(33-3)17(10-13)34-4/h5-11H,1-4H3,(H,27,30)(H,28,31). The molecule has 1 aliphatic rings. The summed E-state index contributed by atoms with van der Waals surface area (Å²) in [4.78, 5) is 37.6. The number of carbonyl (C=O) groups excluding carboxylic acids is 2. The van der Waals surface area contributed by atoms with Gasteiger partial charge < -0.3 is 24.8 Å². The van der Waals surface area contributed by atoms with Crippen LogP contribution in [0.5, 0.6) is 17.2 Å². The lowest BCUT2D eigenvalue weighted by atomic mass is 10.1. The molecule has 4 aromatic rings. The zero-order valence-electron chi connectivity index (χ0n) is 19.3. The molecule has 2 aromatic carbocycles. The Labute approximate surface area is 204 Å². The summed E-state index contributed by atoms with van der Waals surface area (Å²) in [6.45, 7) is 1.92. The monoisotopic (exact) mass is 491 g/mol. The van der Waals surface area contributed by atoms with Gasteiger partial charge in [-0.25, -0.2) is 19.7 Å². The van der Waals surface area contributed by atoms with Gasteiger partial charge in [-0.3, -0.25) is 4.79 Å². The predicted octanol–water partition coefficient (Wildman–Crippen LogP) is 4.96. The Bertz CT molecular complexity index is 1480. The van der Waals surface area contributed by atoms with Gasteiger partial charge >= 0.3 is 6.03 Å². The summed E-state index contributed by atoms with van der Waals surface area (Å²) in [5.41, 5.74) is 2.37. The van der Waals surface area contributed by atoms with Crippen LogP contribution in [-0.2, 0) is 0 Å². The molecule has 2 N–H and O–H groups in total. The second-order valence-electron chi connectivity index (χ2n) is 7.65. The van der Waals surface area contributed by atoms with E-state index in [1.165, 1.54) is 43.9 Å². The number of rotatable bonds is 6. The SMILES string of the molecule is COc1ccc(NC(=O)c2sc3ncnc4c3c2NC(=O)N4c2cc(C)ccc2OC)cc1OC. The van der Waals surface area contributed by atoms with E-state index in [0.717, 1.165) is 5.56 Å². The predicted molar refractivity (Wildman–Crippen MR) is 134 cm³/mol. The number of nitrogens with one attached hydrogen (secondary N) is 2. The molecule has 3 heterocycles. The minimum Gasteiger partial charge on any atom is -0.495 e. The summed E-state index contributed by atoms with van der Waals surface area (Å²) in [5, 5.41) is 6.29. The van der Waals surface area contributed by atoms with Crippen LogP contribution in [0.25, 0.3) is 10.2 Å². The van der Waals surface area contributed by atoms with E-state index in [1.54, 1.807) is 24.3 Å². The molecule has 0 saturated carbocycles. The van der Waals surface area contributed by atoms with Crippen molar-refractivity contribution < 1.29 is 23.8 Å². The van der Waals surface area contributed by atoms with E-state index < -0.39 is 11.9 Å². The molecule has 0 spiro atoms. The van der Waals surface area contributed by atoms with Crippen LogP contribution in [0.1, 0.15) is 15.2 Å². The first-order chi connectivity index (χ1) is 16.9. The van der Waals surface area contributed by atoms with Gasteiger partial charge in [0.2, 0.25) is 0 Å². The summed E-state index contributed by atoms with van der Waals surface area (Å²) in [6.07, 6.45) is 1.38. The molecule has 0 radical (unpaired) electrons. The van der Waals surface area contributed by atoms with Crippen molar-refractivity contribution in [2.24, 2.45) is 0 Å². The molecule has 0 unspecified atom stereocenters. The fourth-order valence-corrected chi connectivity index (χ4v) is 4.91. The number of benzene rings is 2. The first-order valence-corrected chi connectivity index (χ1v) is 11.3. The first kappa shape index (κ1) is 22.4. The van der Waals surface area contributed by atoms with Crippen LogP contribution in [0.4, 0.5) is 27.7 Å². The van der Waals surface area contributed by atoms with Crippen molar-refractivity contribution in [2.45, 2.75) is 6.92 Å². The molecular formula is C24H21N5O5S. The number of hydrogen-bond donors (Lipinski definition) is 2. The largest absolute Gasteiger partial charge is 0.495 e. The van der Waals surface area contributed by atoms with Crippen LogP contribution in [-0.4, -0.2) is 43.2 Å². The van der Waals surface area contributed by atoms with E-state index in [1.807, 2.05) is 19.1 Å². The molecule has 0 fully saturated rings. The maximum atomic E-state index is 13.3. The maximum Gasteiger partial charge on any atom is 0.332 e. The zero-order valence-corrected chi connectivity index (χ0v) is 20.1. The lowest BCUT2D eigenvalue weighted by molar-refractivity contribution is 0.103. The van der Waals surface area contributed by atoms with E-state index >= 15 is 0 Å². The van der Waals surface area contributed by atoms with Crippen molar-refractivity contribution in [1.29, 1.82) is 0 Å². The Morgan fingerprint density at radius 3 is 2.49 bits per heavy atom. The number of aryl methyl sites for hydroxylation is 1. The molecule has 0 saturated heterocycles. The smallest absolute Gasteiger partial charge is 0.332 e. The molecule has 11 heteroatoms. The fraction of sp³-hybridized carbons (Fsp3) is 0.167. The molecule has 178 valence electrons. The van der Waals surface area contributed by atoms with Gasteiger partial charge in [0.05, 0.1) is 38.1 Å². The summed E-state index contributed by atoms with van der Waals surface area (Å²) >= 11 is 1.17. The minimum absolute atomic E-state index is 0.306. The van der Waals surface area contributed by atoms with Crippen LogP contribution in [0.3, 0.4) is 0 Å². The van der Waals surface area contributed by atoms with Gasteiger partial charge in [0, 0.05) is 11.8 Å². The lowest BCUT2D eigenvalue weighted by Gasteiger charge is -2.28. The highest BCUT2D eigenvalue weighted by Gasteiger charge is 2.35. The average molecular weight is 492 g/mol. The van der Waals surface area contributed by atoms with Gasteiger partial charge in [0.15, 0.2) is 17.3 Å². The molecule has 10 nitrogen and oxygen atoms in total. The Kier molecular flexibility index (Phi) is 5.61. The molecule has 35 heavy (non-hydrogen) atoms. The number of carbonyl (C=O) groups is 2. The Morgan fingerprint density at radius 1 is 1.00 bits per heavy atom. The minimum atomic E-state index is -0.458. The average Bonchev–Trinajstić information content (AvgIpc) is 3.23. The topological polar surface area (TPSA) is 115 Å². The van der Waals surface area contributed by atoms with E-state index in [-0.39, 0.29) is 0 Å².